The molecule has 0 spiro atoms. The fourth-order valence-electron chi connectivity index (χ4n) is 3.23. The van der Waals surface area contributed by atoms with Crippen LogP contribution in [-0.4, -0.2) is 20.7 Å². The topological polar surface area (TPSA) is 59.8 Å². The van der Waals surface area contributed by atoms with Crippen LogP contribution in [0.2, 0.25) is 5.02 Å². The highest BCUT2D eigenvalue weighted by atomic mass is 35.5. The molecular formula is C21H22ClFN4O. The molecule has 0 radical (unpaired) electrons. The standard InChI is InChI=1S/C21H22ClFN4O/c1-5-27-21(25-20(26-27)15-6-7-17(22)18(23)11-15)19(24-14(4)28)16-9-12(2)8-13(3)10-16/h6-11,19H,5H2,1-4H3,(H,24,28). The smallest absolute Gasteiger partial charge is 0.217 e. The minimum atomic E-state index is -0.527. The van der Waals surface area contributed by atoms with E-state index in [0.29, 0.717) is 23.8 Å². The average Bonchev–Trinajstić information content (AvgIpc) is 3.05. The van der Waals surface area contributed by atoms with E-state index in [-0.39, 0.29) is 10.9 Å². The van der Waals surface area contributed by atoms with E-state index < -0.39 is 11.9 Å². The summed E-state index contributed by atoms with van der Waals surface area (Å²) >= 11 is 5.78. The van der Waals surface area contributed by atoms with Gasteiger partial charge in [0.2, 0.25) is 5.91 Å². The molecule has 0 aliphatic heterocycles. The van der Waals surface area contributed by atoms with E-state index in [0.717, 1.165) is 16.7 Å². The van der Waals surface area contributed by atoms with Crippen molar-refractivity contribution in [3.63, 3.8) is 0 Å². The molecule has 1 amide bonds. The maximum Gasteiger partial charge on any atom is 0.217 e. The van der Waals surface area contributed by atoms with Gasteiger partial charge in [-0.25, -0.2) is 14.1 Å². The number of nitrogens with zero attached hydrogens (tertiary/aromatic N) is 3. The van der Waals surface area contributed by atoms with Crippen molar-refractivity contribution >= 4 is 17.5 Å². The van der Waals surface area contributed by atoms with Crippen LogP contribution in [0.15, 0.2) is 36.4 Å². The molecule has 7 heteroatoms. The zero-order chi connectivity index (χ0) is 20.4. The van der Waals surface area contributed by atoms with E-state index in [9.17, 15) is 9.18 Å². The van der Waals surface area contributed by atoms with E-state index in [1.807, 2.05) is 32.9 Å². The molecular weight excluding hydrogens is 379 g/mol. The molecule has 0 saturated carbocycles. The molecule has 3 aromatic rings. The third kappa shape index (κ3) is 4.22. The second kappa shape index (κ2) is 8.10. The number of carbonyl (C=O) groups is 1. The molecule has 146 valence electrons. The van der Waals surface area contributed by atoms with Crippen molar-refractivity contribution < 1.29 is 9.18 Å². The van der Waals surface area contributed by atoms with Crippen LogP contribution in [0, 0.1) is 19.7 Å². The minimum absolute atomic E-state index is 0.0465. The van der Waals surface area contributed by atoms with Gasteiger partial charge in [-0.1, -0.05) is 40.9 Å². The first-order valence-electron chi connectivity index (χ1n) is 9.04. The highest BCUT2D eigenvalue weighted by Crippen LogP contribution is 2.27. The summed E-state index contributed by atoms with van der Waals surface area (Å²) in [4.78, 5) is 16.5. The molecule has 0 saturated heterocycles. The van der Waals surface area contributed by atoms with Crippen molar-refractivity contribution in [2.75, 3.05) is 0 Å². The van der Waals surface area contributed by atoms with Gasteiger partial charge in [-0.3, -0.25) is 4.79 Å². The van der Waals surface area contributed by atoms with Crippen LogP contribution in [0.5, 0.6) is 0 Å². The fraction of sp³-hybridized carbons (Fsp3) is 0.286. The zero-order valence-electron chi connectivity index (χ0n) is 16.3. The average molecular weight is 401 g/mol. The molecule has 1 aromatic heterocycles. The fourth-order valence-corrected chi connectivity index (χ4v) is 3.35. The van der Waals surface area contributed by atoms with Gasteiger partial charge in [-0.15, -0.1) is 0 Å². The highest BCUT2D eigenvalue weighted by molar-refractivity contribution is 6.30. The molecule has 0 aliphatic rings. The normalized spacial score (nSPS) is 12.1. The molecule has 3 rings (SSSR count). The summed E-state index contributed by atoms with van der Waals surface area (Å²) in [5.74, 6) is 0.274. The Morgan fingerprint density at radius 2 is 1.89 bits per heavy atom. The Bertz CT molecular complexity index is 1010. The Hall–Kier alpha value is -2.73. The summed E-state index contributed by atoms with van der Waals surface area (Å²) < 4.78 is 15.6. The van der Waals surface area contributed by atoms with Gasteiger partial charge in [0.1, 0.15) is 11.9 Å². The number of aromatic nitrogens is 3. The second-order valence-electron chi connectivity index (χ2n) is 6.79. The third-order valence-electron chi connectivity index (χ3n) is 4.36. The monoisotopic (exact) mass is 400 g/mol. The molecule has 1 N–H and O–H groups in total. The Balaban J connectivity index is 2.12. The lowest BCUT2D eigenvalue weighted by atomic mass is 10.0. The van der Waals surface area contributed by atoms with E-state index in [2.05, 4.69) is 21.5 Å². The maximum absolute atomic E-state index is 13.9. The largest absolute Gasteiger partial charge is 0.342 e. The van der Waals surface area contributed by atoms with Crippen molar-refractivity contribution in [1.29, 1.82) is 0 Å². The van der Waals surface area contributed by atoms with E-state index >= 15 is 0 Å². The molecule has 2 aromatic carbocycles. The van der Waals surface area contributed by atoms with E-state index in [4.69, 9.17) is 11.6 Å². The van der Waals surface area contributed by atoms with Crippen LogP contribution in [0.25, 0.3) is 11.4 Å². The van der Waals surface area contributed by atoms with Crippen LogP contribution in [-0.2, 0) is 11.3 Å². The molecule has 28 heavy (non-hydrogen) atoms. The number of benzene rings is 2. The predicted octanol–water partition coefficient (Wildman–Crippen LogP) is 4.60. The summed E-state index contributed by atoms with van der Waals surface area (Å²) in [6.45, 7) is 7.98. The molecule has 1 heterocycles. The minimum Gasteiger partial charge on any atom is -0.342 e. The van der Waals surface area contributed by atoms with Crippen LogP contribution >= 0.6 is 11.6 Å². The first-order chi connectivity index (χ1) is 13.3. The Morgan fingerprint density at radius 1 is 1.21 bits per heavy atom. The van der Waals surface area contributed by atoms with Crippen molar-refractivity contribution in [3.05, 3.63) is 69.8 Å². The number of rotatable bonds is 5. The third-order valence-corrected chi connectivity index (χ3v) is 4.67. The zero-order valence-corrected chi connectivity index (χ0v) is 17.0. The van der Waals surface area contributed by atoms with Gasteiger partial charge < -0.3 is 5.32 Å². The van der Waals surface area contributed by atoms with Crippen molar-refractivity contribution in [1.82, 2.24) is 20.1 Å². The molecule has 0 aliphatic carbocycles. The first-order valence-corrected chi connectivity index (χ1v) is 9.41. The Kier molecular flexibility index (Phi) is 5.79. The lowest BCUT2D eigenvalue weighted by Gasteiger charge is -2.19. The molecule has 1 unspecified atom stereocenters. The van der Waals surface area contributed by atoms with Gasteiger partial charge in [0.05, 0.1) is 5.02 Å². The second-order valence-corrected chi connectivity index (χ2v) is 7.20. The highest BCUT2D eigenvalue weighted by Gasteiger charge is 2.24. The van der Waals surface area contributed by atoms with Gasteiger partial charge in [-0.2, -0.15) is 5.10 Å². The quantitative estimate of drug-likeness (QED) is 0.680. The summed E-state index contributed by atoms with van der Waals surface area (Å²) in [5, 5.41) is 7.53. The van der Waals surface area contributed by atoms with Gasteiger partial charge in [-0.05, 0) is 44.5 Å². The Labute approximate surface area is 168 Å². The lowest BCUT2D eigenvalue weighted by Crippen LogP contribution is -2.29. The molecule has 0 bridgehead atoms. The maximum atomic E-state index is 13.9. The van der Waals surface area contributed by atoms with Gasteiger partial charge >= 0.3 is 0 Å². The van der Waals surface area contributed by atoms with Crippen molar-refractivity contribution in [3.8, 4) is 11.4 Å². The van der Waals surface area contributed by atoms with E-state index in [1.54, 1.807) is 10.7 Å². The number of hydrogen-bond acceptors (Lipinski definition) is 3. The first kappa shape index (κ1) is 20.0. The molecule has 5 nitrogen and oxygen atoms in total. The van der Waals surface area contributed by atoms with Crippen molar-refractivity contribution in [2.24, 2.45) is 0 Å². The van der Waals surface area contributed by atoms with E-state index in [1.165, 1.54) is 19.1 Å². The van der Waals surface area contributed by atoms with Gasteiger partial charge in [0.25, 0.3) is 0 Å². The Morgan fingerprint density at radius 3 is 2.46 bits per heavy atom. The summed E-state index contributed by atoms with van der Waals surface area (Å²) in [6.07, 6.45) is 0. The van der Waals surface area contributed by atoms with Crippen LogP contribution in [0.1, 0.15) is 42.4 Å². The summed E-state index contributed by atoms with van der Waals surface area (Å²) in [6, 6.07) is 10.1. The van der Waals surface area contributed by atoms with Gasteiger partial charge in [0, 0.05) is 19.0 Å². The summed E-state index contributed by atoms with van der Waals surface area (Å²) in [5.41, 5.74) is 3.63. The van der Waals surface area contributed by atoms with Crippen LogP contribution in [0.4, 0.5) is 4.39 Å². The summed E-state index contributed by atoms with van der Waals surface area (Å²) in [7, 11) is 0. The number of halogens is 2. The number of nitrogens with one attached hydrogen (secondary N) is 1. The molecule has 0 fully saturated rings. The van der Waals surface area contributed by atoms with Crippen LogP contribution in [0.3, 0.4) is 0 Å². The number of amides is 1. The number of carbonyl (C=O) groups excluding carboxylic acids is 1. The SMILES string of the molecule is CCn1nc(-c2ccc(Cl)c(F)c2)nc1C(NC(C)=O)c1cc(C)cc(C)c1. The molecule has 1 atom stereocenters. The number of hydrogen-bond donors (Lipinski definition) is 1. The van der Waals surface area contributed by atoms with Crippen molar-refractivity contribution in [2.45, 2.75) is 40.3 Å². The predicted molar refractivity (Wildman–Crippen MR) is 108 cm³/mol. The van der Waals surface area contributed by atoms with Crippen LogP contribution < -0.4 is 5.32 Å². The lowest BCUT2D eigenvalue weighted by molar-refractivity contribution is -0.119. The number of aryl methyl sites for hydroxylation is 3. The van der Waals surface area contributed by atoms with Gasteiger partial charge in [0.15, 0.2) is 11.6 Å².